The first kappa shape index (κ1) is 29.9. The molecule has 1 fully saturated rings. The van der Waals surface area contributed by atoms with Gasteiger partial charge in [-0.15, -0.1) is 0 Å². The molecule has 1 aliphatic carbocycles. The van der Waals surface area contributed by atoms with E-state index in [9.17, 15) is 26.7 Å². The number of Topliss-reactive ketones (excluding diaryl/α,β-unsaturated/α-hetero) is 1. The predicted octanol–water partition coefficient (Wildman–Crippen LogP) is 6.29. The second kappa shape index (κ2) is 13.1. The Labute approximate surface area is 229 Å². The Bertz CT molecular complexity index is 1060. The third kappa shape index (κ3) is 8.72. The topological polar surface area (TPSA) is 80.8 Å². The number of rotatable bonds is 9. The lowest BCUT2D eigenvalue weighted by atomic mass is 9.67. The zero-order valence-corrected chi connectivity index (χ0v) is 22.6. The van der Waals surface area contributed by atoms with Gasteiger partial charge in [-0.25, -0.2) is 13.8 Å². The SMILES string of the molecule is NC1CCC(CCC(=O)c2cccnc2C(F)F)(CCN2CCC3=CC(CC2)N=C(OCC(F)(F)F)S3)CC1. The van der Waals surface area contributed by atoms with Crippen molar-refractivity contribution in [3.05, 3.63) is 40.6 Å². The van der Waals surface area contributed by atoms with Crippen LogP contribution in [0.5, 0.6) is 0 Å². The van der Waals surface area contributed by atoms with E-state index in [1.165, 1.54) is 18.3 Å². The van der Waals surface area contributed by atoms with Gasteiger partial charge in [-0.1, -0.05) is 0 Å². The van der Waals surface area contributed by atoms with E-state index in [-0.39, 0.29) is 40.5 Å². The average molecular weight is 575 g/mol. The van der Waals surface area contributed by atoms with Gasteiger partial charge in [0.1, 0.15) is 5.69 Å². The molecule has 0 saturated heterocycles. The van der Waals surface area contributed by atoms with Crippen molar-refractivity contribution in [3.8, 4) is 0 Å². The number of fused-ring (bicyclic) bond motifs is 1. The van der Waals surface area contributed by atoms with E-state index in [2.05, 4.69) is 14.9 Å². The number of carbonyl (C=O) groups excluding carboxylic acids is 1. The Hall–Kier alpha value is -2.05. The van der Waals surface area contributed by atoms with Crippen molar-refractivity contribution < 1.29 is 31.5 Å². The fourth-order valence-corrected chi connectivity index (χ4v) is 6.53. The van der Waals surface area contributed by atoms with E-state index in [1.807, 2.05) is 6.08 Å². The molecule has 2 N–H and O–H groups in total. The summed E-state index contributed by atoms with van der Waals surface area (Å²) in [5.74, 6) is -0.308. The highest BCUT2D eigenvalue weighted by atomic mass is 32.2. The highest BCUT2D eigenvalue weighted by Crippen LogP contribution is 2.44. The van der Waals surface area contributed by atoms with E-state index in [4.69, 9.17) is 10.5 Å². The number of aliphatic imine (C=N–C) groups is 1. The largest absolute Gasteiger partial charge is 0.463 e. The van der Waals surface area contributed by atoms with Crippen LogP contribution in [0.4, 0.5) is 22.0 Å². The number of nitrogens with zero attached hydrogens (tertiary/aromatic N) is 3. The highest BCUT2D eigenvalue weighted by Gasteiger charge is 2.36. The Kier molecular flexibility index (Phi) is 10.0. The molecule has 3 heterocycles. The summed E-state index contributed by atoms with van der Waals surface area (Å²) in [6.45, 7) is 0.977. The third-order valence-corrected chi connectivity index (χ3v) is 8.92. The molecule has 39 heavy (non-hydrogen) atoms. The molecule has 12 heteroatoms. The van der Waals surface area contributed by atoms with Crippen LogP contribution in [-0.2, 0) is 4.74 Å². The van der Waals surface area contributed by atoms with Crippen LogP contribution in [0.3, 0.4) is 0 Å². The summed E-state index contributed by atoms with van der Waals surface area (Å²) in [4.78, 5) is 24.3. The second-order valence-electron chi connectivity index (χ2n) is 10.7. The van der Waals surface area contributed by atoms with Gasteiger partial charge in [0.2, 0.25) is 0 Å². The van der Waals surface area contributed by atoms with Gasteiger partial charge < -0.3 is 15.4 Å². The number of hydrogen-bond donors (Lipinski definition) is 1. The first-order valence-corrected chi connectivity index (χ1v) is 14.2. The van der Waals surface area contributed by atoms with Crippen LogP contribution in [0.15, 0.2) is 34.3 Å². The summed E-state index contributed by atoms with van der Waals surface area (Å²) in [5, 5.41) is 0.0778. The number of ketones is 1. The molecule has 1 aromatic rings. The zero-order valence-electron chi connectivity index (χ0n) is 21.8. The lowest BCUT2D eigenvalue weighted by Gasteiger charge is -2.41. The molecule has 216 valence electrons. The maximum Gasteiger partial charge on any atom is 0.422 e. The number of carbonyl (C=O) groups is 1. The molecule has 0 amide bonds. The highest BCUT2D eigenvalue weighted by molar-refractivity contribution is 8.16. The predicted molar refractivity (Wildman–Crippen MR) is 141 cm³/mol. The van der Waals surface area contributed by atoms with E-state index in [0.29, 0.717) is 19.3 Å². The maximum absolute atomic E-state index is 13.4. The molecular weight excluding hydrogens is 539 g/mol. The van der Waals surface area contributed by atoms with E-state index >= 15 is 0 Å². The molecule has 4 rings (SSSR count). The van der Waals surface area contributed by atoms with Crippen LogP contribution >= 0.6 is 11.8 Å². The average Bonchev–Trinajstić information content (AvgIpc) is 2.90. The molecular formula is C27H35F5N4O2S. The molecule has 1 aromatic heterocycles. The fraction of sp³-hybridized carbons (Fsp3) is 0.667. The number of aromatic nitrogens is 1. The first-order chi connectivity index (χ1) is 18.5. The number of alkyl halides is 5. The quantitative estimate of drug-likeness (QED) is 0.276. The number of hydrogen-bond acceptors (Lipinski definition) is 7. The lowest BCUT2D eigenvalue weighted by molar-refractivity contribution is -0.155. The summed E-state index contributed by atoms with van der Waals surface area (Å²) in [6.07, 6.45) is 2.62. The number of halogens is 5. The first-order valence-electron chi connectivity index (χ1n) is 13.4. The van der Waals surface area contributed by atoms with Crippen LogP contribution in [-0.4, -0.2) is 65.4 Å². The molecule has 0 spiro atoms. The van der Waals surface area contributed by atoms with Crippen molar-refractivity contribution in [3.63, 3.8) is 0 Å². The minimum Gasteiger partial charge on any atom is -0.463 e. The van der Waals surface area contributed by atoms with Crippen LogP contribution in [0.2, 0.25) is 0 Å². The van der Waals surface area contributed by atoms with Crippen LogP contribution in [0.25, 0.3) is 0 Å². The Morgan fingerprint density at radius 2 is 1.97 bits per heavy atom. The summed E-state index contributed by atoms with van der Waals surface area (Å²) >= 11 is 1.16. The molecule has 3 aliphatic rings. The van der Waals surface area contributed by atoms with Gasteiger partial charge in [-0.3, -0.25) is 9.78 Å². The smallest absolute Gasteiger partial charge is 0.422 e. The van der Waals surface area contributed by atoms with Gasteiger partial charge in [0.15, 0.2) is 12.4 Å². The number of nitrogens with two attached hydrogens (primary N) is 1. The number of pyridine rings is 1. The monoisotopic (exact) mass is 574 g/mol. The normalized spacial score (nSPS) is 26.4. The lowest BCUT2D eigenvalue weighted by Crippen LogP contribution is -2.39. The summed E-state index contributed by atoms with van der Waals surface area (Å²) in [7, 11) is 0. The summed E-state index contributed by atoms with van der Waals surface area (Å²) in [5.41, 5.74) is 5.62. The van der Waals surface area contributed by atoms with E-state index < -0.39 is 24.9 Å². The van der Waals surface area contributed by atoms with Crippen molar-refractivity contribution >= 4 is 22.8 Å². The maximum atomic E-state index is 13.4. The molecule has 1 unspecified atom stereocenters. The van der Waals surface area contributed by atoms with Gasteiger partial charge >= 0.3 is 6.18 Å². The van der Waals surface area contributed by atoms with Crippen molar-refractivity contribution in [1.82, 2.24) is 9.88 Å². The van der Waals surface area contributed by atoms with Gasteiger partial charge in [0.05, 0.1) is 6.04 Å². The van der Waals surface area contributed by atoms with Crippen molar-refractivity contribution in [1.29, 1.82) is 0 Å². The number of ether oxygens (including phenoxy) is 1. The summed E-state index contributed by atoms with van der Waals surface area (Å²) in [6, 6.07) is 2.85. The fourth-order valence-electron chi connectivity index (χ4n) is 5.58. The van der Waals surface area contributed by atoms with Crippen LogP contribution in [0.1, 0.15) is 80.3 Å². The summed E-state index contributed by atoms with van der Waals surface area (Å²) < 4.78 is 69.3. The van der Waals surface area contributed by atoms with Crippen LogP contribution < -0.4 is 5.73 Å². The van der Waals surface area contributed by atoms with E-state index in [0.717, 1.165) is 68.4 Å². The molecule has 6 nitrogen and oxygen atoms in total. The molecule has 0 radical (unpaired) electrons. The molecule has 2 bridgehead atoms. The Balaban J connectivity index is 1.35. The second-order valence-corrected chi connectivity index (χ2v) is 11.8. The van der Waals surface area contributed by atoms with Gasteiger partial charge in [-0.05, 0) is 98.2 Å². The van der Waals surface area contributed by atoms with Crippen LogP contribution in [0, 0.1) is 5.41 Å². The standard InChI is InChI=1S/C27H35F5N4O2S/c28-24(29)23-21(2-1-12-34-23)22(37)5-10-26(8-3-18(33)4-9-26)11-15-36-13-6-19-16-20(7-14-36)39-25(35-19)38-17-27(30,31)32/h1-2,12,16,18-19,24H,3-11,13-15,17,33H2. The molecule has 2 aliphatic heterocycles. The molecule has 1 saturated carbocycles. The van der Waals surface area contributed by atoms with Gasteiger partial charge in [0.25, 0.3) is 11.7 Å². The minimum absolute atomic E-state index is 0.00428. The Morgan fingerprint density at radius 3 is 2.69 bits per heavy atom. The number of thioether (sulfide) groups is 1. The molecule has 0 aromatic carbocycles. The minimum atomic E-state index is -4.40. The Morgan fingerprint density at radius 1 is 1.21 bits per heavy atom. The van der Waals surface area contributed by atoms with Gasteiger partial charge in [0, 0.05) is 37.3 Å². The van der Waals surface area contributed by atoms with E-state index in [1.54, 1.807) is 0 Å². The van der Waals surface area contributed by atoms with Crippen molar-refractivity contribution in [2.75, 3.05) is 26.2 Å². The van der Waals surface area contributed by atoms with Crippen molar-refractivity contribution in [2.45, 2.75) is 82.5 Å². The third-order valence-electron chi connectivity index (χ3n) is 7.92. The zero-order chi connectivity index (χ0) is 28.0. The molecule has 1 atom stereocenters. The van der Waals surface area contributed by atoms with Gasteiger partial charge in [-0.2, -0.15) is 13.2 Å². The van der Waals surface area contributed by atoms with Crippen molar-refractivity contribution in [2.24, 2.45) is 16.1 Å².